The third-order valence-corrected chi connectivity index (χ3v) is 5.34. The van der Waals surface area contributed by atoms with Crippen LogP contribution in [0.1, 0.15) is 27.7 Å². The normalized spacial score (nSPS) is 22.8. The van der Waals surface area contributed by atoms with E-state index in [-0.39, 0.29) is 18.3 Å². The highest BCUT2D eigenvalue weighted by atomic mass is 127. The summed E-state index contributed by atoms with van der Waals surface area (Å²) < 4.78 is 13.8. The Bertz CT molecular complexity index is 403. The van der Waals surface area contributed by atoms with Crippen molar-refractivity contribution in [3.63, 3.8) is 0 Å². The molecule has 88 valence electrons. The predicted molar refractivity (Wildman–Crippen MR) is 77.8 cm³/mol. The second-order valence-electron chi connectivity index (χ2n) is 4.87. The summed E-state index contributed by atoms with van der Waals surface area (Å²) in [5.41, 5.74) is 0.317. The molecular formula is C10H13BClIO2S. The van der Waals surface area contributed by atoms with Crippen LogP contribution in [0.5, 0.6) is 0 Å². The number of hydrogen-bond donors (Lipinski definition) is 0. The second kappa shape index (κ2) is 4.12. The van der Waals surface area contributed by atoms with Gasteiger partial charge in [0.15, 0.2) is 0 Å². The minimum Gasteiger partial charge on any atom is -0.399 e. The first-order chi connectivity index (χ1) is 7.23. The highest BCUT2D eigenvalue weighted by molar-refractivity contribution is 14.1. The van der Waals surface area contributed by atoms with Crippen molar-refractivity contribution in [2.75, 3.05) is 0 Å². The topological polar surface area (TPSA) is 18.5 Å². The zero-order valence-corrected chi connectivity index (χ0v) is 13.4. The minimum absolute atomic E-state index is 0.311. The summed E-state index contributed by atoms with van der Waals surface area (Å²) in [6, 6.07) is 2.02. The van der Waals surface area contributed by atoms with E-state index in [1.165, 1.54) is 0 Å². The van der Waals surface area contributed by atoms with E-state index in [1.807, 2.05) is 33.8 Å². The lowest BCUT2D eigenvalue weighted by Gasteiger charge is -2.32. The van der Waals surface area contributed by atoms with Gasteiger partial charge < -0.3 is 9.31 Å². The van der Waals surface area contributed by atoms with Crippen LogP contribution in [0, 0.1) is 2.88 Å². The molecule has 1 aromatic heterocycles. The van der Waals surface area contributed by atoms with Crippen molar-refractivity contribution < 1.29 is 9.31 Å². The lowest BCUT2D eigenvalue weighted by molar-refractivity contribution is 0.00578. The standard InChI is InChI=1S/C10H13BClIO2S/c1-9(2)10(3,4)15-11(14-9)6-5-7(13)16-8(6)12/h5H,1-4H3. The average Bonchev–Trinajstić information content (AvgIpc) is 2.51. The molecule has 0 radical (unpaired) electrons. The molecule has 1 aliphatic heterocycles. The Hall–Kier alpha value is 0.705. The van der Waals surface area contributed by atoms with Gasteiger partial charge in [0.1, 0.15) is 0 Å². The Morgan fingerprint density at radius 1 is 1.25 bits per heavy atom. The minimum atomic E-state index is -0.350. The zero-order chi connectivity index (χ0) is 12.1. The second-order valence-corrected chi connectivity index (χ2v) is 8.42. The van der Waals surface area contributed by atoms with Crippen LogP contribution < -0.4 is 5.46 Å². The largest absolute Gasteiger partial charge is 0.497 e. The maximum absolute atomic E-state index is 6.17. The van der Waals surface area contributed by atoms with Gasteiger partial charge in [0.25, 0.3) is 0 Å². The third kappa shape index (κ3) is 2.17. The van der Waals surface area contributed by atoms with E-state index in [0.717, 1.165) is 12.7 Å². The molecule has 0 bridgehead atoms. The van der Waals surface area contributed by atoms with Gasteiger partial charge in [-0.1, -0.05) is 11.6 Å². The molecule has 6 heteroatoms. The molecule has 2 rings (SSSR count). The Kier molecular flexibility index (Phi) is 3.39. The molecule has 16 heavy (non-hydrogen) atoms. The third-order valence-electron chi connectivity index (χ3n) is 3.19. The predicted octanol–water partition coefficient (Wildman–Crippen LogP) is 3.31. The van der Waals surface area contributed by atoms with E-state index in [1.54, 1.807) is 11.3 Å². The fourth-order valence-electron chi connectivity index (χ4n) is 1.48. The van der Waals surface area contributed by atoms with Crippen molar-refractivity contribution in [2.45, 2.75) is 38.9 Å². The molecule has 0 saturated carbocycles. The molecule has 2 heterocycles. The van der Waals surface area contributed by atoms with Gasteiger partial charge in [-0.15, -0.1) is 11.3 Å². The van der Waals surface area contributed by atoms with Gasteiger partial charge in [0.05, 0.1) is 18.4 Å². The Balaban J connectivity index is 2.30. The van der Waals surface area contributed by atoms with Crippen molar-refractivity contribution in [3.05, 3.63) is 13.3 Å². The van der Waals surface area contributed by atoms with E-state index < -0.39 is 0 Å². The smallest absolute Gasteiger partial charge is 0.399 e. The van der Waals surface area contributed by atoms with E-state index in [9.17, 15) is 0 Å². The van der Waals surface area contributed by atoms with Crippen LogP contribution in [0.3, 0.4) is 0 Å². The summed E-state index contributed by atoms with van der Waals surface area (Å²) in [6.45, 7) is 8.16. The van der Waals surface area contributed by atoms with Gasteiger partial charge in [0, 0.05) is 5.46 Å². The van der Waals surface area contributed by atoms with Crippen LogP contribution >= 0.6 is 45.5 Å². The fraction of sp³-hybridized carbons (Fsp3) is 0.600. The van der Waals surface area contributed by atoms with Crippen LogP contribution in [0.25, 0.3) is 0 Å². The first-order valence-electron chi connectivity index (χ1n) is 5.03. The van der Waals surface area contributed by atoms with Crippen LogP contribution in [-0.4, -0.2) is 18.3 Å². The SMILES string of the molecule is CC1(C)OB(c2cc(I)sc2Cl)OC1(C)C. The van der Waals surface area contributed by atoms with Gasteiger partial charge in [-0.2, -0.15) is 0 Å². The molecule has 1 aromatic rings. The molecule has 0 amide bonds. The molecule has 0 unspecified atom stereocenters. The molecule has 1 aliphatic rings. The van der Waals surface area contributed by atoms with Crippen LogP contribution in [0.2, 0.25) is 4.34 Å². The van der Waals surface area contributed by atoms with E-state index in [4.69, 9.17) is 20.9 Å². The number of thiophene rings is 1. The first kappa shape index (κ1) is 13.1. The highest BCUT2D eigenvalue weighted by Crippen LogP contribution is 2.37. The van der Waals surface area contributed by atoms with Crippen molar-refractivity contribution in [1.82, 2.24) is 0 Å². The van der Waals surface area contributed by atoms with Crippen LogP contribution in [0.4, 0.5) is 0 Å². The summed E-state index contributed by atoms with van der Waals surface area (Å²) in [7, 11) is -0.350. The molecule has 1 fully saturated rings. The van der Waals surface area contributed by atoms with E-state index >= 15 is 0 Å². The van der Waals surface area contributed by atoms with Gasteiger partial charge in [-0.3, -0.25) is 0 Å². The molecule has 0 aliphatic carbocycles. The Morgan fingerprint density at radius 3 is 2.12 bits per heavy atom. The van der Waals surface area contributed by atoms with Gasteiger partial charge in [0.2, 0.25) is 0 Å². The quantitative estimate of drug-likeness (QED) is 0.558. The van der Waals surface area contributed by atoms with E-state index in [0.29, 0.717) is 0 Å². The molecule has 1 saturated heterocycles. The fourth-order valence-corrected chi connectivity index (χ4v) is 3.89. The lowest BCUT2D eigenvalue weighted by atomic mass is 9.81. The van der Waals surface area contributed by atoms with Gasteiger partial charge >= 0.3 is 7.12 Å². The molecule has 0 aromatic carbocycles. The van der Waals surface area contributed by atoms with Crippen LogP contribution in [0.15, 0.2) is 6.07 Å². The van der Waals surface area contributed by atoms with Gasteiger partial charge in [-0.25, -0.2) is 0 Å². The van der Waals surface area contributed by atoms with Crippen molar-refractivity contribution in [2.24, 2.45) is 0 Å². The summed E-state index contributed by atoms with van der Waals surface area (Å²) in [6.07, 6.45) is 0. The maximum Gasteiger partial charge on any atom is 0.497 e. The zero-order valence-electron chi connectivity index (χ0n) is 9.64. The Morgan fingerprint density at radius 2 is 1.75 bits per heavy atom. The Labute approximate surface area is 119 Å². The summed E-state index contributed by atoms with van der Waals surface area (Å²) in [4.78, 5) is 0. The average molecular weight is 370 g/mol. The molecule has 2 nitrogen and oxygen atoms in total. The number of hydrogen-bond acceptors (Lipinski definition) is 3. The van der Waals surface area contributed by atoms with Crippen LogP contribution in [-0.2, 0) is 9.31 Å². The summed E-state index contributed by atoms with van der Waals surface area (Å²) >= 11 is 9.97. The lowest BCUT2D eigenvalue weighted by Crippen LogP contribution is -2.41. The number of halogens is 2. The van der Waals surface area contributed by atoms with Crippen molar-refractivity contribution in [1.29, 1.82) is 0 Å². The molecular weight excluding hydrogens is 357 g/mol. The maximum atomic E-state index is 6.17. The van der Waals surface area contributed by atoms with Crippen molar-refractivity contribution >= 4 is 58.1 Å². The highest BCUT2D eigenvalue weighted by Gasteiger charge is 2.52. The van der Waals surface area contributed by atoms with Gasteiger partial charge in [-0.05, 0) is 56.4 Å². The molecule has 0 N–H and O–H groups in total. The summed E-state index contributed by atoms with van der Waals surface area (Å²) in [5, 5.41) is 0. The monoisotopic (exact) mass is 370 g/mol. The summed E-state index contributed by atoms with van der Waals surface area (Å²) in [5.74, 6) is 0. The number of rotatable bonds is 1. The molecule has 0 atom stereocenters. The van der Waals surface area contributed by atoms with Crippen molar-refractivity contribution in [3.8, 4) is 0 Å². The first-order valence-corrected chi connectivity index (χ1v) is 7.31. The van der Waals surface area contributed by atoms with E-state index in [2.05, 4.69) is 22.6 Å². The molecule has 0 spiro atoms.